The van der Waals surface area contributed by atoms with Gasteiger partial charge in [-0.2, -0.15) is 9.99 Å². The molecule has 4 aliphatic rings. The molecule has 0 unspecified atom stereocenters. The number of amides is 5. The minimum atomic E-state index is -2.56. The Hall–Kier alpha value is -5.70. The van der Waals surface area contributed by atoms with E-state index in [1.807, 2.05) is 42.5 Å². The first kappa shape index (κ1) is 42.0. The number of carbonyl (C=O) groups excluding carboxylic acids is 4. The van der Waals surface area contributed by atoms with Crippen molar-refractivity contribution in [1.29, 1.82) is 0 Å². The lowest BCUT2D eigenvalue weighted by molar-refractivity contribution is -0.122. The molecule has 8 rings (SSSR count). The van der Waals surface area contributed by atoms with Gasteiger partial charge in [0.15, 0.2) is 5.82 Å². The van der Waals surface area contributed by atoms with Crippen LogP contribution in [0.5, 0.6) is 5.75 Å². The van der Waals surface area contributed by atoms with Crippen LogP contribution in [0.4, 0.5) is 39.3 Å². The van der Waals surface area contributed by atoms with Gasteiger partial charge in [0.25, 0.3) is 11.8 Å². The van der Waals surface area contributed by atoms with Crippen molar-refractivity contribution in [3.05, 3.63) is 83.0 Å². The number of halogens is 1. The van der Waals surface area contributed by atoms with E-state index in [4.69, 9.17) is 16.3 Å². The van der Waals surface area contributed by atoms with Crippen molar-refractivity contribution < 1.29 is 28.5 Å². The Morgan fingerprint density at radius 2 is 1.52 bits per heavy atom. The van der Waals surface area contributed by atoms with E-state index in [-0.39, 0.29) is 24.1 Å². The van der Waals surface area contributed by atoms with E-state index in [0.717, 1.165) is 79.8 Å². The number of hydrogen-bond acceptors (Lipinski definition) is 13. The van der Waals surface area contributed by atoms with Crippen LogP contribution in [-0.2, 0) is 9.36 Å². The molecule has 3 N–H and O–H groups in total. The maximum Gasteiger partial charge on any atom is 0.343 e. The van der Waals surface area contributed by atoms with Crippen LogP contribution in [0.3, 0.4) is 0 Å². The van der Waals surface area contributed by atoms with Gasteiger partial charge in [0.1, 0.15) is 17.9 Å². The molecule has 61 heavy (non-hydrogen) atoms. The van der Waals surface area contributed by atoms with E-state index in [1.54, 1.807) is 32.6 Å². The molecule has 4 aliphatic heterocycles. The van der Waals surface area contributed by atoms with Crippen molar-refractivity contribution in [2.24, 2.45) is 5.92 Å². The largest absolute Gasteiger partial charge is 0.494 e. The van der Waals surface area contributed by atoms with Crippen molar-refractivity contribution in [1.82, 2.24) is 30.2 Å². The fraction of sp³-hybridized carbons (Fsp3) is 0.395. The number of aromatic nitrogens is 2. The summed E-state index contributed by atoms with van der Waals surface area (Å²) in [5.74, 6) is 0.371. The number of rotatable bonds is 12. The summed E-state index contributed by atoms with van der Waals surface area (Å²) in [5, 5.41) is 11.6. The molecule has 0 aliphatic carbocycles. The first-order chi connectivity index (χ1) is 29.3. The average Bonchev–Trinajstić information content (AvgIpc) is 3.50. The fourth-order valence-electron chi connectivity index (χ4n) is 8.66. The van der Waals surface area contributed by atoms with Gasteiger partial charge in [0.2, 0.25) is 11.9 Å². The molecule has 18 heteroatoms. The summed E-state index contributed by atoms with van der Waals surface area (Å²) in [6, 6.07) is 18.5. The molecule has 16 nitrogen and oxygen atoms in total. The molecule has 320 valence electrons. The third-order valence-corrected chi connectivity index (χ3v) is 13.8. The van der Waals surface area contributed by atoms with E-state index < -0.39 is 30.9 Å². The molecule has 0 spiro atoms. The van der Waals surface area contributed by atoms with Gasteiger partial charge in [-0.05, 0) is 94.4 Å². The quantitative estimate of drug-likeness (QED) is 0.110. The number of anilines is 6. The third-order valence-electron chi connectivity index (χ3n) is 12.0. The van der Waals surface area contributed by atoms with E-state index in [2.05, 4.69) is 53.7 Å². The summed E-state index contributed by atoms with van der Waals surface area (Å²) in [6.07, 6.45) is 5.63. The van der Waals surface area contributed by atoms with Crippen LogP contribution in [0.25, 0.3) is 0 Å². The number of hydrogen-bond donors (Lipinski definition) is 3. The van der Waals surface area contributed by atoms with Gasteiger partial charge >= 0.3 is 6.03 Å². The lowest BCUT2D eigenvalue weighted by Gasteiger charge is -2.41. The van der Waals surface area contributed by atoms with Gasteiger partial charge < -0.3 is 34.6 Å². The second-order valence-corrected chi connectivity index (χ2v) is 20.0. The van der Waals surface area contributed by atoms with Crippen molar-refractivity contribution in [3.63, 3.8) is 0 Å². The zero-order valence-corrected chi connectivity index (χ0v) is 36.3. The van der Waals surface area contributed by atoms with Crippen LogP contribution in [0.1, 0.15) is 52.8 Å². The second kappa shape index (κ2) is 17.3. The van der Waals surface area contributed by atoms with Gasteiger partial charge in [0.05, 0.1) is 42.4 Å². The maximum atomic E-state index is 13.3. The molecule has 4 aromatic rings. The minimum absolute atomic E-state index is 0.0179. The molecule has 3 fully saturated rings. The van der Waals surface area contributed by atoms with Crippen LogP contribution < -0.4 is 35.8 Å². The normalized spacial score (nSPS) is 17.9. The number of nitrogens with one attached hydrogen (secondary N) is 3. The number of piperidine rings is 2. The highest BCUT2D eigenvalue weighted by atomic mass is 35.5. The maximum absolute atomic E-state index is 13.3. The number of benzene rings is 3. The van der Waals surface area contributed by atoms with Gasteiger partial charge in [-0.25, -0.2) is 14.8 Å². The van der Waals surface area contributed by atoms with Crippen LogP contribution in [0.2, 0.25) is 5.02 Å². The molecular weight excluding hydrogens is 819 g/mol. The zero-order chi connectivity index (χ0) is 43.0. The Balaban J connectivity index is 0.824. The Kier molecular flexibility index (Phi) is 11.9. The first-order valence-electron chi connectivity index (χ1n) is 20.5. The topological polar surface area (TPSA) is 173 Å². The smallest absolute Gasteiger partial charge is 0.343 e. The Morgan fingerprint density at radius 1 is 0.852 bits per heavy atom. The number of nitrogens with zero attached hydrogens (tertiary/aromatic N) is 7. The van der Waals surface area contributed by atoms with Gasteiger partial charge in [-0.1, -0.05) is 23.7 Å². The summed E-state index contributed by atoms with van der Waals surface area (Å²) in [6.45, 7) is 7.94. The first-order valence-corrected chi connectivity index (χ1v) is 23.5. The molecular formula is C43H50ClN10O6P. The molecule has 5 amide bonds. The molecule has 5 heterocycles. The summed E-state index contributed by atoms with van der Waals surface area (Å²) in [7, 11) is 1.31. The SMILES string of the molecule is COc1cc(N2CCC(N(C)CC3CCN(c4ccc5c(c4)C(=O)N(N4CCC(=O)NC4=O)C5=O)CC3)CC2)ccc1Nc1ncc(Cl)c(Nc2ccccc2P(C)(C)=O)n1. The van der Waals surface area contributed by atoms with Gasteiger partial charge in [0, 0.05) is 67.9 Å². The van der Waals surface area contributed by atoms with E-state index in [9.17, 15) is 23.7 Å². The van der Waals surface area contributed by atoms with Crippen LogP contribution >= 0.6 is 18.7 Å². The highest BCUT2D eigenvalue weighted by Gasteiger charge is 2.43. The second-order valence-electron chi connectivity index (χ2n) is 16.4. The van der Waals surface area contributed by atoms with Crippen molar-refractivity contribution in [2.75, 3.05) is 87.2 Å². The number of imide groups is 2. The van der Waals surface area contributed by atoms with Crippen molar-refractivity contribution >= 4 is 82.3 Å². The monoisotopic (exact) mass is 868 g/mol. The molecule has 0 atom stereocenters. The third kappa shape index (κ3) is 8.88. The Bertz CT molecular complexity index is 2410. The number of urea groups is 1. The van der Waals surface area contributed by atoms with E-state index >= 15 is 0 Å². The number of para-hydroxylation sites is 1. The molecule has 0 saturated carbocycles. The molecule has 0 bridgehead atoms. The highest BCUT2D eigenvalue weighted by molar-refractivity contribution is 7.70. The minimum Gasteiger partial charge on any atom is -0.494 e. The van der Waals surface area contributed by atoms with Gasteiger partial charge in [-0.15, -0.1) is 0 Å². The number of methoxy groups -OCH3 is 1. The van der Waals surface area contributed by atoms with Crippen LogP contribution in [0.15, 0.2) is 66.9 Å². The van der Waals surface area contributed by atoms with Crippen LogP contribution in [-0.4, -0.2) is 121 Å². The number of hydrazine groups is 1. The standard InChI is InChI=1S/C43H50ClN10O6P/c1-50(26-27-13-18-51(19-14-27)29-9-11-31-32(23-29)41(57)54(40(31)56)53-22-17-38(55)48-43(53)58)28-15-20-52(21-16-28)30-10-12-34(36(24-30)60-2)47-42-45-25-33(44)39(49-42)46-35-7-5-6-8-37(35)61(3,4)59/h5-12,23-25,27-28H,13-22,26H2,1-4H3,(H,48,55,58)(H2,45,46,47,49). The Morgan fingerprint density at radius 3 is 2.23 bits per heavy atom. The lowest BCUT2D eigenvalue weighted by Crippen LogP contribution is -2.58. The number of carbonyl (C=O) groups is 4. The molecule has 3 saturated heterocycles. The zero-order valence-electron chi connectivity index (χ0n) is 34.7. The Labute approximate surface area is 359 Å². The van der Waals surface area contributed by atoms with E-state index in [1.165, 1.54) is 6.20 Å². The lowest BCUT2D eigenvalue weighted by atomic mass is 9.94. The van der Waals surface area contributed by atoms with Crippen molar-refractivity contribution in [3.8, 4) is 5.75 Å². The fourth-order valence-corrected chi connectivity index (χ4v) is 9.96. The summed E-state index contributed by atoms with van der Waals surface area (Å²) in [5.41, 5.74) is 3.87. The molecule has 3 aromatic carbocycles. The average molecular weight is 869 g/mol. The predicted molar refractivity (Wildman–Crippen MR) is 237 cm³/mol. The van der Waals surface area contributed by atoms with Crippen molar-refractivity contribution in [2.45, 2.75) is 38.1 Å². The highest BCUT2D eigenvalue weighted by Crippen LogP contribution is 2.39. The summed E-state index contributed by atoms with van der Waals surface area (Å²) in [4.78, 5) is 66.7. The summed E-state index contributed by atoms with van der Waals surface area (Å²) >= 11 is 6.48. The number of ether oxygens (including phenoxy) is 1. The molecule has 0 radical (unpaired) electrons. The summed E-state index contributed by atoms with van der Waals surface area (Å²) < 4.78 is 18.7. The van der Waals surface area contributed by atoms with Gasteiger partial charge in [-0.3, -0.25) is 19.7 Å². The predicted octanol–water partition coefficient (Wildman–Crippen LogP) is 6.14. The van der Waals surface area contributed by atoms with E-state index in [0.29, 0.717) is 51.2 Å². The molecule has 1 aromatic heterocycles. The number of fused-ring (bicyclic) bond motifs is 1. The van der Waals surface area contributed by atoms with Crippen LogP contribution in [0, 0.1) is 5.92 Å².